The Hall–Kier alpha value is -4.12. The van der Waals surface area contributed by atoms with Crippen LogP contribution >= 0.6 is 0 Å². The van der Waals surface area contributed by atoms with Gasteiger partial charge in [-0.1, -0.05) is 62.4 Å². The van der Waals surface area contributed by atoms with E-state index in [-0.39, 0.29) is 19.7 Å². The zero-order valence-corrected chi connectivity index (χ0v) is 25.8. The number of benzene rings is 2. The number of methoxy groups -OCH3 is 1. The topological polar surface area (TPSA) is 124 Å². The molecule has 234 valence electrons. The summed E-state index contributed by atoms with van der Waals surface area (Å²) in [6, 6.07) is 15.9. The highest BCUT2D eigenvalue weighted by molar-refractivity contribution is 5.83. The van der Waals surface area contributed by atoms with Crippen LogP contribution in [0, 0.1) is 5.41 Å². The van der Waals surface area contributed by atoms with Crippen molar-refractivity contribution < 1.29 is 38.1 Å². The predicted molar refractivity (Wildman–Crippen MR) is 159 cm³/mol. The fourth-order valence-corrected chi connectivity index (χ4v) is 4.64. The predicted octanol–water partition coefficient (Wildman–Crippen LogP) is 4.40. The molecule has 2 atom stereocenters. The molecular formula is C32H43N3O8. The third kappa shape index (κ3) is 10.3. The molecule has 1 fully saturated rings. The van der Waals surface area contributed by atoms with Gasteiger partial charge in [0.15, 0.2) is 0 Å². The van der Waals surface area contributed by atoms with Crippen molar-refractivity contribution in [3.05, 3.63) is 66.2 Å². The summed E-state index contributed by atoms with van der Waals surface area (Å²) >= 11 is 0. The lowest BCUT2D eigenvalue weighted by atomic mass is 9.80. The molecule has 1 aliphatic rings. The number of carbonyl (C=O) groups excluding carboxylic acids is 4. The molecule has 0 unspecified atom stereocenters. The molecule has 0 bridgehead atoms. The van der Waals surface area contributed by atoms with Gasteiger partial charge in [0.2, 0.25) is 0 Å². The van der Waals surface area contributed by atoms with Gasteiger partial charge in [0.05, 0.1) is 7.11 Å². The van der Waals surface area contributed by atoms with Gasteiger partial charge in [0.25, 0.3) is 0 Å². The summed E-state index contributed by atoms with van der Waals surface area (Å²) < 4.78 is 21.5. The SMILES string of the molecule is COC(=O)[C@H]1CN(CCC(C)(C)[C@H](NC(=O)Oc2ccccc2)C(=O)OCc2ccccc2)CCN1C(=O)OC(C)(C)C. The Morgan fingerprint density at radius 3 is 2.16 bits per heavy atom. The summed E-state index contributed by atoms with van der Waals surface area (Å²) in [4.78, 5) is 55.1. The molecule has 3 rings (SSSR count). The van der Waals surface area contributed by atoms with Crippen molar-refractivity contribution in [2.75, 3.05) is 33.3 Å². The number of hydrogen-bond acceptors (Lipinski definition) is 9. The first-order valence-corrected chi connectivity index (χ1v) is 14.3. The Morgan fingerprint density at radius 2 is 1.56 bits per heavy atom. The Labute approximate surface area is 253 Å². The van der Waals surface area contributed by atoms with Gasteiger partial charge in [-0.3, -0.25) is 9.80 Å². The number of rotatable bonds is 10. The van der Waals surface area contributed by atoms with Crippen LogP contribution in [0.4, 0.5) is 9.59 Å². The normalized spacial score (nSPS) is 16.5. The second-order valence-corrected chi connectivity index (χ2v) is 12.1. The van der Waals surface area contributed by atoms with E-state index in [9.17, 15) is 19.2 Å². The first-order valence-electron chi connectivity index (χ1n) is 14.3. The average Bonchev–Trinajstić information content (AvgIpc) is 2.97. The van der Waals surface area contributed by atoms with Crippen LogP contribution in [-0.4, -0.2) is 84.9 Å². The Balaban J connectivity index is 1.70. The molecule has 1 heterocycles. The molecule has 2 aromatic rings. The highest BCUT2D eigenvalue weighted by Crippen LogP contribution is 2.28. The molecule has 11 nitrogen and oxygen atoms in total. The van der Waals surface area contributed by atoms with Gasteiger partial charge < -0.3 is 24.3 Å². The first-order chi connectivity index (χ1) is 20.3. The lowest BCUT2D eigenvalue weighted by molar-refractivity contribution is -0.150. The number of esters is 2. The van der Waals surface area contributed by atoms with E-state index in [1.54, 1.807) is 51.1 Å². The van der Waals surface area contributed by atoms with E-state index in [1.165, 1.54) is 12.0 Å². The van der Waals surface area contributed by atoms with E-state index >= 15 is 0 Å². The monoisotopic (exact) mass is 597 g/mol. The molecule has 1 aliphatic heterocycles. The highest BCUT2D eigenvalue weighted by atomic mass is 16.6. The standard InChI is InChI=1S/C32H43N3O8/c1-31(2,3)43-30(39)35-20-19-34(21-25(35)27(36)40-6)18-17-32(4,5)26(28(37)41-22-23-13-9-7-10-14-23)33-29(38)42-24-15-11-8-12-16-24/h7-16,25-26H,17-22H2,1-6H3,(H,33,38)/t25-,26-/m1/s1. The number of amides is 2. The molecule has 2 aromatic carbocycles. The molecule has 0 spiro atoms. The minimum atomic E-state index is -1.04. The largest absolute Gasteiger partial charge is 0.467 e. The molecule has 0 aromatic heterocycles. The average molecular weight is 598 g/mol. The molecule has 1 N–H and O–H groups in total. The van der Waals surface area contributed by atoms with Crippen LogP contribution < -0.4 is 10.1 Å². The van der Waals surface area contributed by atoms with Crippen molar-refractivity contribution in [1.29, 1.82) is 0 Å². The number of ether oxygens (including phenoxy) is 4. The van der Waals surface area contributed by atoms with E-state index in [4.69, 9.17) is 18.9 Å². The van der Waals surface area contributed by atoms with Gasteiger partial charge in [-0.15, -0.1) is 0 Å². The van der Waals surface area contributed by atoms with Gasteiger partial charge >= 0.3 is 24.1 Å². The number of carbonyl (C=O) groups is 4. The zero-order chi connectivity index (χ0) is 31.6. The van der Waals surface area contributed by atoms with Gasteiger partial charge in [-0.05, 0) is 56.8 Å². The van der Waals surface area contributed by atoms with Crippen LogP contribution in [-0.2, 0) is 30.4 Å². The minimum absolute atomic E-state index is 0.0507. The second-order valence-electron chi connectivity index (χ2n) is 12.1. The van der Waals surface area contributed by atoms with Gasteiger partial charge in [0.1, 0.15) is 30.0 Å². The van der Waals surface area contributed by atoms with Gasteiger partial charge in [-0.2, -0.15) is 0 Å². The van der Waals surface area contributed by atoms with Crippen LogP contribution in [0.1, 0.15) is 46.6 Å². The molecular weight excluding hydrogens is 554 g/mol. The molecule has 1 saturated heterocycles. The Kier molecular flexibility index (Phi) is 11.5. The fraction of sp³-hybridized carbons (Fsp3) is 0.500. The highest BCUT2D eigenvalue weighted by Gasteiger charge is 2.41. The number of hydrogen-bond donors (Lipinski definition) is 1. The maximum absolute atomic E-state index is 13.4. The maximum atomic E-state index is 13.4. The molecule has 2 amide bonds. The molecule has 0 radical (unpaired) electrons. The van der Waals surface area contributed by atoms with E-state index in [0.717, 1.165) is 5.56 Å². The molecule has 11 heteroatoms. The summed E-state index contributed by atoms with van der Waals surface area (Å²) in [5.74, 6) is -0.797. The van der Waals surface area contributed by atoms with E-state index in [2.05, 4.69) is 5.32 Å². The fourth-order valence-electron chi connectivity index (χ4n) is 4.64. The third-order valence-electron chi connectivity index (χ3n) is 7.10. The molecule has 0 aliphatic carbocycles. The Bertz CT molecular complexity index is 1230. The quantitative estimate of drug-likeness (QED) is 0.314. The van der Waals surface area contributed by atoms with Gasteiger partial charge in [-0.25, -0.2) is 19.2 Å². The van der Waals surface area contributed by atoms with Gasteiger partial charge in [0, 0.05) is 19.6 Å². The van der Waals surface area contributed by atoms with Crippen LogP contribution in [0.3, 0.4) is 0 Å². The third-order valence-corrected chi connectivity index (χ3v) is 7.10. The zero-order valence-electron chi connectivity index (χ0n) is 25.8. The minimum Gasteiger partial charge on any atom is -0.467 e. The summed E-state index contributed by atoms with van der Waals surface area (Å²) in [6.07, 6.45) is -0.910. The van der Waals surface area contributed by atoms with Crippen molar-refractivity contribution >= 4 is 24.1 Å². The van der Waals surface area contributed by atoms with Crippen molar-refractivity contribution in [3.8, 4) is 5.75 Å². The number of nitrogens with one attached hydrogen (secondary N) is 1. The summed E-state index contributed by atoms with van der Waals surface area (Å²) in [7, 11) is 1.28. The summed E-state index contributed by atoms with van der Waals surface area (Å²) in [5.41, 5.74) is -0.680. The number of piperazine rings is 1. The molecule has 0 saturated carbocycles. The number of nitrogens with zero attached hydrogens (tertiary/aromatic N) is 2. The molecule has 43 heavy (non-hydrogen) atoms. The van der Waals surface area contributed by atoms with Crippen molar-refractivity contribution in [2.45, 2.75) is 65.3 Å². The van der Waals surface area contributed by atoms with E-state index in [0.29, 0.717) is 25.3 Å². The number of para-hydroxylation sites is 1. The van der Waals surface area contributed by atoms with Crippen molar-refractivity contribution in [2.24, 2.45) is 5.41 Å². The lowest BCUT2D eigenvalue weighted by Gasteiger charge is -2.41. The van der Waals surface area contributed by atoms with Crippen molar-refractivity contribution in [3.63, 3.8) is 0 Å². The lowest BCUT2D eigenvalue weighted by Crippen LogP contribution is -2.60. The van der Waals surface area contributed by atoms with Crippen molar-refractivity contribution in [1.82, 2.24) is 15.1 Å². The van der Waals surface area contributed by atoms with Crippen LogP contribution in [0.5, 0.6) is 5.75 Å². The van der Waals surface area contributed by atoms with E-state index < -0.39 is 47.2 Å². The summed E-state index contributed by atoms with van der Waals surface area (Å²) in [5, 5.41) is 2.71. The Morgan fingerprint density at radius 1 is 0.930 bits per heavy atom. The smallest absolute Gasteiger partial charge is 0.413 e. The summed E-state index contributed by atoms with van der Waals surface area (Å²) in [6.45, 7) is 10.5. The van der Waals surface area contributed by atoms with E-state index in [1.807, 2.05) is 49.1 Å². The second kappa shape index (κ2) is 14.9. The van der Waals surface area contributed by atoms with Crippen LogP contribution in [0.15, 0.2) is 60.7 Å². The van der Waals surface area contributed by atoms with Crippen LogP contribution in [0.2, 0.25) is 0 Å². The van der Waals surface area contributed by atoms with Crippen LogP contribution in [0.25, 0.3) is 0 Å². The first kappa shape index (κ1) is 33.4. The maximum Gasteiger partial charge on any atom is 0.413 e.